The van der Waals surface area contributed by atoms with Crippen LogP contribution < -0.4 is 5.43 Å². The first-order valence-electron chi connectivity index (χ1n) is 4.95. The van der Waals surface area contributed by atoms with Gasteiger partial charge in [-0.25, -0.2) is 5.43 Å². The number of hydrogen-bond donors (Lipinski definition) is 1. The van der Waals surface area contributed by atoms with Crippen molar-refractivity contribution in [3.05, 3.63) is 53.9 Å². The number of pyridine rings is 1. The summed E-state index contributed by atoms with van der Waals surface area (Å²) in [5, 5.41) is 3.88. The van der Waals surface area contributed by atoms with Crippen molar-refractivity contribution in [3.8, 4) is 0 Å². The Hall–Kier alpha value is -2.23. The summed E-state index contributed by atoms with van der Waals surface area (Å²) in [6.45, 7) is 0. The van der Waals surface area contributed by atoms with E-state index in [4.69, 9.17) is 0 Å². The Morgan fingerprint density at radius 2 is 2.25 bits per heavy atom. The lowest BCUT2D eigenvalue weighted by Gasteiger charge is -1.98. The summed E-state index contributed by atoms with van der Waals surface area (Å²) in [4.78, 5) is 15.4. The Kier molecular flexibility index (Phi) is 3.23. The number of nitrogens with one attached hydrogen (secondary N) is 1. The summed E-state index contributed by atoms with van der Waals surface area (Å²) >= 11 is 0. The van der Waals surface area contributed by atoms with Crippen molar-refractivity contribution in [3.63, 3.8) is 0 Å². The van der Waals surface area contributed by atoms with Crippen molar-refractivity contribution in [2.45, 2.75) is 6.42 Å². The number of hydrogen-bond acceptors (Lipinski definition) is 3. The van der Waals surface area contributed by atoms with Gasteiger partial charge in [0.25, 0.3) is 5.91 Å². The zero-order valence-corrected chi connectivity index (χ0v) is 8.63. The molecule has 2 rings (SSSR count). The highest BCUT2D eigenvalue weighted by atomic mass is 16.2. The fraction of sp³-hybridized carbons (Fsp3) is 0.0833. The maximum atomic E-state index is 11.5. The van der Waals surface area contributed by atoms with Gasteiger partial charge in [0.05, 0.1) is 6.21 Å². The number of aromatic nitrogens is 1. The molecule has 0 saturated heterocycles. The molecule has 0 unspecified atom stereocenters. The molecule has 0 aromatic carbocycles. The van der Waals surface area contributed by atoms with Crippen LogP contribution in [0, 0.1) is 0 Å². The standard InChI is InChI=1S/C12H11N3O/c16-12(11-5-7-13-8-6-11)15-14-9-10-3-1-2-4-10/h1-3,5-9H,4H2,(H,15,16)/b14-9+. The number of nitrogens with zero attached hydrogens (tertiary/aromatic N) is 2. The Balaban J connectivity index is 1.89. The second-order valence-corrected chi connectivity index (χ2v) is 3.31. The van der Waals surface area contributed by atoms with Crippen LogP contribution in [0.15, 0.2) is 53.4 Å². The van der Waals surface area contributed by atoms with Crippen LogP contribution in [-0.2, 0) is 0 Å². The number of hydrazone groups is 1. The zero-order chi connectivity index (χ0) is 11.2. The molecule has 1 aliphatic carbocycles. The molecule has 0 aliphatic heterocycles. The average molecular weight is 213 g/mol. The van der Waals surface area contributed by atoms with Gasteiger partial charge in [0, 0.05) is 18.0 Å². The van der Waals surface area contributed by atoms with Crippen LogP contribution in [0.5, 0.6) is 0 Å². The Morgan fingerprint density at radius 3 is 2.94 bits per heavy atom. The second kappa shape index (κ2) is 5.02. The van der Waals surface area contributed by atoms with E-state index in [0.29, 0.717) is 5.56 Å². The first-order chi connectivity index (χ1) is 7.86. The molecule has 1 aromatic heterocycles. The van der Waals surface area contributed by atoms with Gasteiger partial charge in [-0.15, -0.1) is 0 Å². The molecule has 16 heavy (non-hydrogen) atoms. The van der Waals surface area contributed by atoms with Crippen LogP contribution in [0.3, 0.4) is 0 Å². The topological polar surface area (TPSA) is 54.4 Å². The summed E-state index contributed by atoms with van der Waals surface area (Å²) in [7, 11) is 0. The van der Waals surface area contributed by atoms with Crippen LogP contribution in [0.25, 0.3) is 0 Å². The van der Waals surface area contributed by atoms with Crippen molar-refractivity contribution in [2.75, 3.05) is 0 Å². The molecular formula is C12H11N3O. The van der Waals surface area contributed by atoms with Gasteiger partial charge in [0.2, 0.25) is 0 Å². The fourth-order valence-corrected chi connectivity index (χ4v) is 1.30. The van der Waals surface area contributed by atoms with Gasteiger partial charge in [-0.1, -0.05) is 18.2 Å². The third-order valence-electron chi connectivity index (χ3n) is 2.14. The SMILES string of the molecule is O=C(N/N=C/C1=CC=CC1)c1ccncc1. The molecule has 0 fully saturated rings. The number of amides is 1. The summed E-state index contributed by atoms with van der Waals surface area (Å²) in [5.74, 6) is -0.231. The summed E-state index contributed by atoms with van der Waals surface area (Å²) in [6.07, 6.45) is 11.6. The van der Waals surface area contributed by atoms with Crippen LogP contribution in [0.4, 0.5) is 0 Å². The van der Waals surface area contributed by atoms with Gasteiger partial charge in [0.15, 0.2) is 0 Å². The van der Waals surface area contributed by atoms with Gasteiger partial charge < -0.3 is 0 Å². The van der Waals surface area contributed by atoms with Crippen LogP contribution in [0.1, 0.15) is 16.8 Å². The van der Waals surface area contributed by atoms with Gasteiger partial charge in [-0.2, -0.15) is 5.10 Å². The molecular weight excluding hydrogens is 202 g/mol. The molecule has 80 valence electrons. The average Bonchev–Trinajstić information content (AvgIpc) is 2.83. The van der Waals surface area contributed by atoms with E-state index >= 15 is 0 Å². The lowest BCUT2D eigenvalue weighted by molar-refractivity contribution is 0.0955. The molecule has 0 saturated carbocycles. The minimum atomic E-state index is -0.231. The lowest BCUT2D eigenvalue weighted by Crippen LogP contribution is -2.17. The Labute approximate surface area is 93.4 Å². The van der Waals surface area contributed by atoms with E-state index in [2.05, 4.69) is 15.5 Å². The number of carbonyl (C=O) groups excluding carboxylic acids is 1. The van der Waals surface area contributed by atoms with E-state index in [0.717, 1.165) is 12.0 Å². The monoisotopic (exact) mass is 213 g/mol. The molecule has 1 N–H and O–H groups in total. The maximum absolute atomic E-state index is 11.5. The predicted molar refractivity (Wildman–Crippen MR) is 62.0 cm³/mol. The Morgan fingerprint density at radius 1 is 1.44 bits per heavy atom. The normalized spacial score (nSPS) is 14.1. The highest BCUT2D eigenvalue weighted by molar-refractivity contribution is 5.94. The molecule has 1 aromatic rings. The van der Waals surface area contributed by atoms with E-state index in [1.807, 2.05) is 18.2 Å². The summed E-state index contributed by atoms with van der Waals surface area (Å²) in [6, 6.07) is 3.28. The van der Waals surface area contributed by atoms with Gasteiger partial charge in [0.1, 0.15) is 0 Å². The molecule has 0 atom stereocenters. The minimum Gasteiger partial charge on any atom is -0.267 e. The highest BCUT2D eigenvalue weighted by Crippen LogP contribution is 2.06. The second-order valence-electron chi connectivity index (χ2n) is 3.31. The minimum absolute atomic E-state index is 0.231. The van der Waals surface area contributed by atoms with Crippen molar-refractivity contribution in [1.29, 1.82) is 0 Å². The number of rotatable bonds is 3. The van der Waals surface area contributed by atoms with Crippen molar-refractivity contribution in [2.24, 2.45) is 5.10 Å². The van der Waals surface area contributed by atoms with E-state index < -0.39 is 0 Å². The van der Waals surface area contributed by atoms with Gasteiger partial charge >= 0.3 is 0 Å². The molecule has 1 aliphatic rings. The van der Waals surface area contributed by atoms with Crippen molar-refractivity contribution < 1.29 is 4.79 Å². The predicted octanol–water partition coefficient (Wildman–Crippen LogP) is 1.68. The molecule has 4 nitrogen and oxygen atoms in total. The molecule has 1 heterocycles. The third-order valence-corrected chi connectivity index (χ3v) is 2.14. The molecule has 0 bridgehead atoms. The third kappa shape index (κ3) is 2.63. The van der Waals surface area contributed by atoms with Crippen LogP contribution in [-0.4, -0.2) is 17.1 Å². The fourth-order valence-electron chi connectivity index (χ4n) is 1.30. The first-order valence-corrected chi connectivity index (χ1v) is 4.95. The van der Waals surface area contributed by atoms with Crippen LogP contribution >= 0.6 is 0 Å². The smallest absolute Gasteiger partial charge is 0.267 e. The molecule has 1 amide bonds. The lowest BCUT2D eigenvalue weighted by atomic mass is 10.2. The van der Waals surface area contributed by atoms with E-state index in [1.54, 1.807) is 30.7 Å². The number of allylic oxidation sites excluding steroid dienone is 4. The molecule has 0 radical (unpaired) electrons. The van der Waals surface area contributed by atoms with E-state index in [1.165, 1.54) is 0 Å². The largest absolute Gasteiger partial charge is 0.271 e. The van der Waals surface area contributed by atoms with Crippen LogP contribution in [0.2, 0.25) is 0 Å². The molecule has 4 heteroatoms. The summed E-state index contributed by atoms with van der Waals surface area (Å²) in [5.41, 5.74) is 4.09. The van der Waals surface area contributed by atoms with E-state index in [9.17, 15) is 4.79 Å². The van der Waals surface area contributed by atoms with E-state index in [-0.39, 0.29) is 5.91 Å². The number of carbonyl (C=O) groups is 1. The maximum Gasteiger partial charge on any atom is 0.271 e. The zero-order valence-electron chi connectivity index (χ0n) is 8.63. The van der Waals surface area contributed by atoms with Crippen molar-refractivity contribution in [1.82, 2.24) is 10.4 Å². The summed E-state index contributed by atoms with van der Waals surface area (Å²) < 4.78 is 0. The first kappa shape index (κ1) is 10.3. The van der Waals surface area contributed by atoms with Crippen molar-refractivity contribution >= 4 is 12.1 Å². The highest BCUT2D eigenvalue weighted by Gasteiger charge is 2.02. The Bertz CT molecular complexity index is 460. The molecule has 0 spiro atoms. The quantitative estimate of drug-likeness (QED) is 0.613. The van der Waals surface area contributed by atoms with Gasteiger partial charge in [-0.3, -0.25) is 9.78 Å². The van der Waals surface area contributed by atoms with Gasteiger partial charge in [-0.05, 0) is 24.1 Å².